The fourth-order valence-corrected chi connectivity index (χ4v) is 4.10. The molecule has 2 N–H and O–H groups in total. The van der Waals surface area contributed by atoms with Crippen LogP contribution in [0.2, 0.25) is 0 Å². The maximum absolute atomic E-state index is 12.5. The molecule has 0 saturated heterocycles. The summed E-state index contributed by atoms with van der Waals surface area (Å²) < 4.78 is 0. The van der Waals surface area contributed by atoms with Crippen molar-refractivity contribution in [1.29, 1.82) is 0 Å². The van der Waals surface area contributed by atoms with Crippen molar-refractivity contribution in [2.24, 2.45) is 0 Å². The molecule has 0 aliphatic heterocycles. The molecule has 3 nitrogen and oxygen atoms in total. The summed E-state index contributed by atoms with van der Waals surface area (Å²) in [4.78, 5) is 14.7. The normalized spacial score (nSPS) is 16.0. The maximum Gasteiger partial charge on any atom is 0.261 e. The number of carbonyl (C=O) groups is 1. The number of aliphatic hydroxyl groups excluding tert-OH is 1. The van der Waals surface area contributed by atoms with Gasteiger partial charge in [-0.05, 0) is 50.2 Å². The Morgan fingerprint density at radius 2 is 1.90 bits per heavy atom. The molecule has 1 heterocycles. The molecule has 0 atom stereocenters. The number of hydrogen-bond acceptors (Lipinski definition) is 3. The first-order chi connectivity index (χ1) is 10.1. The predicted octanol–water partition coefficient (Wildman–Crippen LogP) is 3.69. The van der Waals surface area contributed by atoms with E-state index >= 15 is 0 Å². The average molecular weight is 309 g/mol. The van der Waals surface area contributed by atoms with Gasteiger partial charge in [-0.25, -0.2) is 0 Å². The largest absolute Gasteiger partial charge is 0.394 e. The van der Waals surface area contributed by atoms with Gasteiger partial charge in [0.2, 0.25) is 0 Å². The summed E-state index contributed by atoms with van der Waals surface area (Å²) in [6, 6.07) is 2.08. The summed E-state index contributed by atoms with van der Waals surface area (Å²) in [5.74, 6) is -0.0236. The molecule has 0 unspecified atom stereocenters. The average Bonchev–Trinajstić information content (AvgIpc) is 2.87. The van der Waals surface area contributed by atoms with Gasteiger partial charge in [-0.1, -0.05) is 26.7 Å². The molecule has 0 spiro atoms. The van der Waals surface area contributed by atoms with Crippen LogP contribution in [0.3, 0.4) is 0 Å². The third-order valence-corrected chi connectivity index (χ3v) is 5.99. The molecule has 21 heavy (non-hydrogen) atoms. The second-order valence-corrected chi connectivity index (χ2v) is 7.21. The monoisotopic (exact) mass is 309 g/mol. The van der Waals surface area contributed by atoms with E-state index in [1.165, 1.54) is 36.1 Å². The molecular weight excluding hydrogens is 282 g/mol. The second-order valence-electron chi connectivity index (χ2n) is 6.07. The molecule has 0 bridgehead atoms. The van der Waals surface area contributed by atoms with Crippen LogP contribution in [0.5, 0.6) is 0 Å². The third kappa shape index (κ3) is 3.86. The molecule has 2 rings (SSSR count). The fraction of sp³-hybridized carbons (Fsp3) is 0.706. The van der Waals surface area contributed by atoms with Crippen LogP contribution in [0.25, 0.3) is 0 Å². The summed E-state index contributed by atoms with van der Waals surface area (Å²) in [6.07, 6.45) is 8.78. The van der Waals surface area contributed by atoms with Gasteiger partial charge in [-0.15, -0.1) is 11.3 Å². The minimum atomic E-state index is -0.477. The van der Waals surface area contributed by atoms with Gasteiger partial charge in [0.1, 0.15) is 0 Å². The second kappa shape index (κ2) is 7.41. The fourth-order valence-electron chi connectivity index (χ4n) is 2.95. The Balaban J connectivity index is 2.14. The van der Waals surface area contributed by atoms with Crippen LogP contribution in [0.4, 0.5) is 0 Å². The summed E-state index contributed by atoms with van der Waals surface area (Å²) in [6.45, 7) is 4.01. The Bertz CT molecular complexity index is 443. The van der Waals surface area contributed by atoms with Crippen LogP contribution in [0, 0.1) is 0 Å². The van der Waals surface area contributed by atoms with Crippen LogP contribution >= 0.6 is 11.3 Å². The first kappa shape index (κ1) is 16.5. The summed E-state index contributed by atoms with van der Waals surface area (Å²) in [5, 5.41) is 12.7. The quantitative estimate of drug-likeness (QED) is 0.871. The van der Waals surface area contributed by atoms with Gasteiger partial charge in [0, 0.05) is 4.88 Å². The summed E-state index contributed by atoms with van der Waals surface area (Å²) >= 11 is 1.64. The van der Waals surface area contributed by atoms with Crippen LogP contribution < -0.4 is 5.32 Å². The molecule has 1 aliphatic carbocycles. The van der Waals surface area contributed by atoms with Crippen molar-refractivity contribution in [3.63, 3.8) is 0 Å². The summed E-state index contributed by atoms with van der Waals surface area (Å²) in [7, 11) is 0. The number of hydrogen-bond donors (Lipinski definition) is 2. The minimum Gasteiger partial charge on any atom is -0.394 e. The molecule has 0 aromatic carbocycles. The Hall–Kier alpha value is -0.870. The lowest BCUT2D eigenvalue weighted by Crippen LogP contribution is -2.50. The van der Waals surface area contributed by atoms with Crippen molar-refractivity contribution in [2.75, 3.05) is 6.61 Å². The SMILES string of the molecule is CCC(CC)(CO)NC(=O)c1cc2c(s1)CCCCCC2. The van der Waals surface area contributed by atoms with E-state index in [9.17, 15) is 9.90 Å². The zero-order valence-corrected chi connectivity index (χ0v) is 14.0. The highest BCUT2D eigenvalue weighted by Gasteiger charge is 2.28. The number of thiophene rings is 1. The Morgan fingerprint density at radius 3 is 2.52 bits per heavy atom. The first-order valence-electron chi connectivity index (χ1n) is 8.19. The lowest BCUT2D eigenvalue weighted by molar-refractivity contribution is 0.0822. The number of rotatable bonds is 5. The number of aliphatic hydroxyl groups is 1. The first-order valence-corrected chi connectivity index (χ1v) is 9.00. The van der Waals surface area contributed by atoms with Gasteiger partial charge in [-0.2, -0.15) is 0 Å². The van der Waals surface area contributed by atoms with Gasteiger partial charge in [-0.3, -0.25) is 4.79 Å². The van der Waals surface area contributed by atoms with Crippen molar-refractivity contribution in [3.05, 3.63) is 21.4 Å². The number of fused-ring (bicyclic) bond motifs is 1. The van der Waals surface area contributed by atoms with Crippen molar-refractivity contribution < 1.29 is 9.90 Å². The van der Waals surface area contributed by atoms with E-state index in [1.807, 2.05) is 13.8 Å². The van der Waals surface area contributed by atoms with Crippen LogP contribution in [0.1, 0.15) is 72.5 Å². The van der Waals surface area contributed by atoms with Gasteiger partial charge in [0.15, 0.2) is 0 Å². The van der Waals surface area contributed by atoms with Crippen molar-refractivity contribution in [3.8, 4) is 0 Å². The van der Waals surface area contributed by atoms with Gasteiger partial charge >= 0.3 is 0 Å². The van der Waals surface area contributed by atoms with Gasteiger partial charge < -0.3 is 10.4 Å². The molecule has 1 aliphatic rings. The highest BCUT2D eigenvalue weighted by molar-refractivity contribution is 7.14. The summed E-state index contributed by atoms with van der Waals surface area (Å²) in [5.41, 5.74) is 0.891. The van der Waals surface area contributed by atoms with Crippen LogP contribution in [-0.4, -0.2) is 23.2 Å². The Labute approximate surface area is 131 Å². The van der Waals surface area contributed by atoms with E-state index in [1.54, 1.807) is 11.3 Å². The third-order valence-electron chi connectivity index (χ3n) is 4.76. The molecule has 118 valence electrons. The molecule has 4 heteroatoms. The maximum atomic E-state index is 12.5. The highest BCUT2D eigenvalue weighted by Crippen LogP contribution is 2.29. The van der Waals surface area contributed by atoms with E-state index in [4.69, 9.17) is 0 Å². The van der Waals surface area contributed by atoms with E-state index < -0.39 is 5.54 Å². The Morgan fingerprint density at radius 1 is 1.24 bits per heavy atom. The molecule has 1 amide bonds. The molecule has 1 aromatic heterocycles. The molecule has 0 radical (unpaired) electrons. The van der Waals surface area contributed by atoms with E-state index in [0.29, 0.717) is 0 Å². The zero-order chi connectivity index (χ0) is 15.3. The van der Waals surface area contributed by atoms with Gasteiger partial charge in [0.05, 0.1) is 17.0 Å². The smallest absolute Gasteiger partial charge is 0.261 e. The van der Waals surface area contributed by atoms with Gasteiger partial charge in [0.25, 0.3) is 5.91 Å². The van der Waals surface area contributed by atoms with Crippen molar-refractivity contribution in [2.45, 2.75) is 70.8 Å². The minimum absolute atomic E-state index is 0.00315. The lowest BCUT2D eigenvalue weighted by atomic mass is 9.93. The van der Waals surface area contributed by atoms with E-state index in [-0.39, 0.29) is 12.5 Å². The highest BCUT2D eigenvalue weighted by atomic mass is 32.1. The number of aryl methyl sites for hydroxylation is 2. The van der Waals surface area contributed by atoms with E-state index in [2.05, 4.69) is 11.4 Å². The van der Waals surface area contributed by atoms with Crippen molar-refractivity contribution in [1.82, 2.24) is 5.32 Å². The van der Waals surface area contributed by atoms with E-state index in [0.717, 1.165) is 30.6 Å². The number of carbonyl (C=O) groups excluding carboxylic acids is 1. The lowest BCUT2D eigenvalue weighted by Gasteiger charge is -2.30. The van der Waals surface area contributed by atoms with Crippen LogP contribution in [0.15, 0.2) is 6.07 Å². The standard InChI is InChI=1S/C17H27NO2S/c1-3-17(4-2,12-19)18-16(20)15-11-13-9-7-5-6-8-10-14(13)21-15/h11,19H,3-10,12H2,1-2H3,(H,18,20). The molecule has 0 fully saturated rings. The van der Waals surface area contributed by atoms with Crippen LogP contribution in [-0.2, 0) is 12.8 Å². The zero-order valence-electron chi connectivity index (χ0n) is 13.2. The van der Waals surface area contributed by atoms with Crippen molar-refractivity contribution >= 4 is 17.2 Å². The predicted molar refractivity (Wildman–Crippen MR) is 88.1 cm³/mol. The molecular formula is C17H27NO2S. The topological polar surface area (TPSA) is 49.3 Å². The number of amides is 1. The Kier molecular flexibility index (Phi) is 5.82. The molecule has 0 saturated carbocycles. The molecule has 1 aromatic rings. The number of nitrogens with one attached hydrogen (secondary N) is 1.